The van der Waals surface area contributed by atoms with E-state index in [4.69, 9.17) is 0 Å². The second-order valence-corrected chi connectivity index (χ2v) is 6.99. The number of carbonyl (C=O) groups excluding carboxylic acids is 1. The third-order valence-corrected chi connectivity index (χ3v) is 4.69. The lowest BCUT2D eigenvalue weighted by Gasteiger charge is -2.14. The Morgan fingerprint density at radius 3 is 2.62 bits per heavy atom. The maximum atomic E-state index is 12.6. The predicted molar refractivity (Wildman–Crippen MR) is 92.3 cm³/mol. The van der Waals surface area contributed by atoms with Crippen LogP contribution in [0, 0.1) is 0 Å². The van der Waals surface area contributed by atoms with Crippen LogP contribution in [0.5, 0.6) is 0 Å². The number of hydrogen-bond acceptors (Lipinski definition) is 2. The fraction of sp³-hybridized carbons (Fsp3) is 0.188. The maximum Gasteiger partial charge on any atom is 0.272 e. The molecule has 3 rings (SSSR count). The molecule has 5 heteroatoms. The van der Waals surface area contributed by atoms with Crippen LogP contribution in [-0.4, -0.2) is 10.5 Å². The van der Waals surface area contributed by atoms with Crippen molar-refractivity contribution in [2.75, 3.05) is 5.32 Å². The summed E-state index contributed by atoms with van der Waals surface area (Å²) < 4.78 is 4.22. The Morgan fingerprint density at radius 1 is 1.24 bits per heavy atom. The van der Waals surface area contributed by atoms with Gasteiger partial charge in [0.15, 0.2) is 0 Å². The number of rotatable bonds is 3. The fourth-order valence-electron chi connectivity index (χ4n) is 2.40. The van der Waals surface area contributed by atoms with Crippen molar-refractivity contribution in [2.45, 2.75) is 19.9 Å². The first-order valence-corrected chi connectivity index (χ1v) is 8.39. The molecular formula is C16H15BrN2OS. The van der Waals surface area contributed by atoms with Crippen LogP contribution in [0.4, 0.5) is 5.69 Å². The summed E-state index contributed by atoms with van der Waals surface area (Å²) in [5.41, 5.74) is 2.62. The molecule has 0 radical (unpaired) electrons. The first-order valence-electron chi connectivity index (χ1n) is 6.71. The van der Waals surface area contributed by atoms with Gasteiger partial charge in [-0.3, -0.25) is 4.79 Å². The SMILES string of the molecule is CC(C)n1c(C(=O)Nc2ccc(Br)cc2)cc2sccc21. The summed E-state index contributed by atoms with van der Waals surface area (Å²) in [6.45, 7) is 4.18. The molecule has 1 aromatic carbocycles. The summed E-state index contributed by atoms with van der Waals surface area (Å²) in [5, 5.41) is 5.01. The van der Waals surface area contributed by atoms with E-state index >= 15 is 0 Å². The highest BCUT2D eigenvalue weighted by Gasteiger charge is 2.18. The van der Waals surface area contributed by atoms with Crippen LogP contribution in [0.25, 0.3) is 10.2 Å². The minimum atomic E-state index is -0.0746. The molecule has 0 saturated carbocycles. The maximum absolute atomic E-state index is 12.6. The molecule has 21 heavy (non-hydrogen) atoms. The van der Waals surface area contributed by atoms with Gasteiger partial charge in [-0.2, -0.15) is 0 Å². The number of aromatic nitrogens is 1. The second-order valence-electron chi connectivity index (χ2n) is 5.12. The first kappa shape index (κ1) is 14.4. The number of amides is 1. The highest BCUT2D eigenvalue weighted by Crippen LogP contribution is 2.29. The molecular weight excluding hydrogens is 348 g/mol. The van der Waals surface area contributed by atoms with Gasteiger partial charge in [0.05, 0.1) is 10.2 Å². The van der Waals surface area contributed by atoms with E-state index in [0.29, 0.717) is 5.69 Å². The lowest BCUT2D eigenvalue weighted by atomic mass is 10.3. The van der Waals surface area contributed by atoms with Crippen LogP contribution in [-0.2, 0) is 0 Å². The smallest absolute Gasteiger partial charge is 0.272 e. The van der Waals surface area contributed by atoms with E-state index in [-0.39, 0.29) is 11.9 Å². The van der Waals surface area contributed by atoms with Crippen LogP contribution in [0.2, 0.25) is 0 Å². The highest BCUT2D eigenvalue weighted by atomic mass is 79.9. The average molecular weight is 363 g/mol. The molecule has 0 aliphatic rings. The minimum absolute atomic E-state index is 0.0746. The molecule has 0 fully saturated rings. The third-order valence-electron chi connectivity index (χ3n) is 3.31. The fourth-order valence-corrected chi connectivity index (χ4v) is 3.48. The van der Waals surface area contributed by atoms with Gasteiger partial charge in [0.25, 0.3) is 5.91 Å². The quantitative estimate of drug-likeness (QED) is 0.673. The summed E-state index contributed by atoms with van der Waals surface area (Å²) in [4.78, 5) is 12.6. The number of fused-ring (bicyclic) bond motifs is 1. The van der Waals surface area contributed by atoms with E-state index < -0.39 is 0 Å². The molecule has 1 N–H and O–H groups in total. The molecule has 0 aliphatic heterocycles. The number of anilines is 1. The van der Waals surface area contributed by atoms with Crippen LogP contribution in [0.3, 0.4) is 0 Å². The molecule has 0 aliphatic carbocycles. The molecule has 1 amide bonds. The van der Waals surface area contributed by atoms with E-state index in [0.717, 1.165) is 20.4 Å². The van der Waals surface area contributed by atoms with Crippen molar-refractivity contribution < 1.29 is 4.79 Å². The van der Waals surface area contributed by atoms with Gasteiger partial charge in [-0.05, 0) is 55.6 Å². The van der Waals surface area contributed by atoms with Gasteiger partial charge in [0, 0.05) is 16.2 Å². The van der Waals surface area contributed by atoms with Gasteiger partial charge >= 0.3 is 0 Å². The Hall–Kier alpha value is -1.59. The molecule has 0 saturated heterocycles. The minimum Gasteiger partial charge on any atom is -0.333 e. The Balaban J connectivity index is 1.95. The first-order chi connectivity index (χ1) is 10.1. The van der Waals surface area contributed by atoms with Crippen LogP contribution < -0.4 is 5.32 Å². The topological polar surface area (TPSA) is 34.0 Å². The second kappa shape index (κ2) is 5.66. The van der Waals surface area contributed by atoms with Crippen LogP contribution >= 0.6 is 27.3 Å². The number of nitrogens with one attached hydrogen (secondary N) is 1. The highest BCUT2D eigenvalue weighted by molar-refractivity contribution is 9.10. The Kier molecular flexibility index (Phi) is 3.87. The molecule has 3 nitrogen and oxygen atoms in total. The van der Waals surface area contributed by atoms with Crippen molar-refractivity contribution in [3.8, 4) is 0 Å². The molecule has 2 heterocycles. The van der Waals surface area contributed by atoms with Crippen molar-refractivity contribution in [3.05, 3.63) is 51.9 Å². The molecule has 108 valence electrons. The standard InChI is InChI=1S/C16H15BrN2OS/c1-10(2)19-13-7-8-21-15(13)9-14(19)16(20)18-12-5-3-11(17)4-6-12/h3-10H,1-2H3,(H,18,20). The van der Waals surface area contributed by atoms with Crippen molar-refractivity contribution in [1.82, 2.24) is 4.57 Å². The number of nitrogens with zero attached hydrogens (tertiary/aromatic N) is 1. The van der Waals surface area contributed by atoms with Gasteiger partial charge in [-0.15, -0.1) is 11.3 Å². The van der Waals surface area contributed by atoms with Gasteiger partial charge < -0.3 is 9.88 Å². The average Bonchev–Trinajstić information content (AvgIpc) is 3.00. The summed E-state index contributed by atoms with van der Waals surface area (Å²) >= 11 is 5.05. The molecule has 0 spiro atoms. The summed E-state index contributed by atoms with van der Waals surface area (Å²) in [6, 6.07) is 11.9. The van der Waals surface area contributed by atoms with Gasteiger partial charge in [-0.1, -0.05) is 15.9 Å². The van der Waals surface area contributed by atoms with Crippen LogP contribution in [0.15, 0.2) is 46.3 Å². The molecule has 0 bridgehead atoms. The van der Waals surface area contributed by atoms with E-state index in [1.54, 1.807) is 11.3 Å². The lowest BCUT2D eigenvalue weighted by Crippen LogP contribution is -2.18. The van der Waals surface area contributed by atoms with Gasteiger partial charge in [0.2, 0.25) is 0 Å². The lowest BCUT2D eigenvalue weighted by molar-refractivity contribution is 0.101. The van der Waals surface area contributed by atoms with Crippen molar-refractivity contribution in [1.29, 1.82) is 0 Å². The number of thiophene rings is 1. The summed E-state index contributed by atoms with van der Waals surface area (Å²) in [6.07, 6.45) is 0. The van der Waals surface area contributed by atoms with E-state index in [1.807, 2.05) is 30.3 Å². The molecule has 0 unspecified atom stereocenters. The number of carbonyl (C=O) groups is 1. The molecule has 2 aromatic heterocycles. The zero-order valence-corrected chi connectivity index (χ0v) is 14.2. The monoisotopic (exact) mass is 362 g/mol. The molecule has 3 aromatic rings. The third kappa shape index (κ3) is 2.76. The molecule has 0 atom stereocenters. The van der Waals surface area contributed by atoms with E-state index in [1.165, 1.54) is 0 Å². The predicted octanol–water partition coefficient (Wildman–Crippen LogP) is 5.30. The number of hydrogen-bond donors (Lipinski definition) is 1. The Bertz CT molecular complexity index is 786. The summed E-state index contributed by atoms with van der Waals surface area (Å²) in [5.74, 6) is -0.0746. The van der Waals surface area contributed by atoms with Crippen molar-refractivity contribution in [3.63, 3.8) is 0 Å². The summed E-state index contributed by atoms with van der Waals surface area (Å²) in [7, 11) is 0. The van der Waals surface area contributed by atoms with Crippen molar-refractivity contribution >= 4 is 49.1 Å². The number of halogens is 1. The van der Waals surface area contributed by atoms with Crippen LogP contribution in [0.1, 0.15) is 30.4 Å². The Morgan fingerprint density at radius 2 is 1.95 bits per heavy atom. The van der Waals surface area contributed by atoms with Crippen molar-refractivity contribution in [2.24, 2.45) is 0 Å². The zero-order chi connectivity index (χ0) is 15.0. The largest absolute Gasteiger partial charge is 0.333 e. The zero-order valence-electron chi connectivity index (χ0n) is 11.8. The normalized spacial score (nSPS) is 11.2. The van der Waals surface area contributed by atoms with Gasteiger partial charge in [-0.25, -0.2) is 0 Å². The Labute approximate surface area is 135 Å². The van der Waals surface area contributed by atoms with E-state index in [2.05, 4.69) is 51.1 Å². The van der Waals surface area contributed by atoms with E-state index in [9.17, 15) is 4.79 Å². The number of benzene rings is 1. The van der Waals surface area contributed by atoms with Gasteiger partial charge in [0.1, 0.15) is 5.69 Å².